The number of para-hydroxylation sites is 1. The SMILES string of the molecule is O=C(Nc1nnc(-c2cc(Cl)cc(Cl)c2)o1)c1nc2ccccc2s1. The number of halogens is 2. The number of fused-ring (bicyclic) bond motifs is 1. The average molecular weight is 391 g/mol. The van der Waals surface area contributed by atoms with Crippen molar-refractivity contribution in [1.29, 1.82) is 0 Å². The number of rotatable bonds is 3. The van der Waals surface area contributed by atoms with Crippen LogP contribution >= 0.6 is 34.5 Å². The smallest absolute Gasteiger partial charge is 0.322 e. The molecule has 6 nitrogen and oxygen atoms in total. The number of hydrogen-bond acceptors (Lipinski definition) is 6. The molecule has 0 saturated heterocycles. The van der Waals surface area contributed by atoms with Gasteiger partial charge in [-0.05, 0) is 30.3 Å². The summed E-state index contributed by atoms with van der Waals surface area (Å²) in [5, 5.41) is 11.4. The highest BCUT2D eigenvalue weighted by Crippen LogP contribution is 2.27. The first kappa shape index (κ1) is 16.0. The van der Waals surface area contributed by atoms with Gasteiger partial charge in [0.1, 0.15) is 0 Å². The minimum absolute atomic E-state index is 0.0321. The highest BCUT2D eigenvalue weighted by molar-refractivity contribution is 7.20. The maximum Gasteiger partial charge on any atom is 0.322 e. The van der Waals surface area contributed by atoms with Crippen LogP contribution in [0, 0.1) is 0 Å². The Morgan fingerprint density at radius 2 is 1.84 bits per heavy atom. The zero-order chi connectivity index (χ0) is 17.4. The Balaban J connectivity index is 1.57. The summed E-state index contributed by atoms with van der Waals surface area (Å²) in [5.74, 6) is -0.218. The molecule has 4 rings (SSSR count). The van der Waals surface area contributed by atoms with Gasteiger partial charge in [-0.3, -0.25) is 10.1 Å². The first-order valence-electron chi connectivity index (χ1n) is 7.05. The van der Waals surface area contributed by atoms with E-state index in [1.54, 1.807) is 18.2 Å². The molecule has 0 radical (unpaired) electrons. The number of anilines is 1. The Morgan fingerprint density at radius 3 is 2.60 bits per heavy atom. The Morgan fingerprint density at radius 1 is 1.08 bits per heavy atom. The van der Waals surface area contributed by atoms with Crippen molar-refractivity contribution in [2.24, 2.45) is 0 Å². The number of amides is 1. The van der Waals surface area contributed by atoms with Crippen LogP contribution in [0.5, 0.6) is 0 Å². The Hall–Kier alpha value is -2.48. The molecular formula is C16H8Cl2N4O2S. The molecule has 0 fully saturated rings. The molecule has 124 valence electrons. The van der Waals surface area contributed by atoms with Crippen LogP contribution in [-0.4, -0.2) is 21.1 Å². The Labute approximate surface area is 155 Å². The van der Waals surface area contributed by atoms with Gasteiger partial charge in [-0.2, -0.15) is 0 Å². The largest absolute Gasteiger partial charge is 0.403 e. The summed E-state index contributed by atoms with van der Waals surface area (Å²) in [6.07, 6.45) is 0. The summed E-state index contributed by atoms with van der Waals surface area (Å²) in [6, 6.07) is 12.3. The molecule has 0 aliphatic carbocycles. The minimum Gasteiger partial charge on any atom is -0.403 e. The van der Waals surface area contributed by atoms with E-state index in [1.807, 2.05) is 24.3 Å². The number of carbonyl (C=O) groups excluding carboxylic acids is 1. The molecule has 9 heteroatoms. The van der Waals surface area contributed by atoms with E-state index in [0.29, 0.717) is 20.6 Å². The van der Waals surface area contributed by atoms with Crippen molar-refractivity contribution >= 4 is 56.7 Å². The lowest BCUT2D eigenvalue weighted by Gasteiger charge is -1.98. The average Bonchev–Trinajstić information content (AvgIpc) is 3.20. The van der Waals surface area contributed by atoms with Crippen LogP contribution in [0.3, 0.4) is 0 Å². The van der Waals surface area contributed by atoms with Crippen molar-refractivity contribution in [2.45, 2.75) is 0 Å². The summed E-state index contributed by atoms with van der Waals surface area (Å²) in [7, 11) is 0. The van der Waals surface area contributed by atoms with Gasteiger partial charge in [-0.15, -0.1) is 16.4 Å². The quantitative estimate of drug-likeness (QED) is 0.537. The van der Waals surface area contributed by atoms with Gasteiger partial charge in [-0.1, -0.05) is 40.4 Å². The Bertz CT molecular complexity index is 1040. The molecule has 0 spiro atoms. The molecule has 0 unspecified atom stereocenters. The monoisotopic (exact) mass is 390 g/mol. The minimum atomic E-state index is -0.416. The first-order valence-corrected chi connectivity index (χ1v) is 8.62. The fourth-order valence-corrected chi connectivity index (χ4v) is 3.57. The number of hydrogen-bond donors (Lipinski definition) is 1. The standard InChI is InChI=1S/C16H8Cl2N4O2S/c17-9-5-8(6-10(18)7-9)14-21-22-16(24-14)20-13(23)15-19-11-3-1-2-4-12(11)25-15/h1-7H,(H,20,22,23). The van der Waals surface area contributed by atoms with Crippen LogP contribution in [-0.2, 0) is 0 Å². The molecular weight excluding hydrogens is 383 g/mol. The molecule has 0 atom stereocenters. The van der Waals surface area contributed by atoms with Crippen LogP contribution < -0.4 is 5.32 Å². The van der Waals surface area contributed by atoms with Crippen molar-refractivity contribution in [3.05, 3.63) is 57.5 Å². The van der Waals surface area contributed by atoms with E-state index < -0.39 is 5.91 Å². The summed E-state index contributed by atoms with van der Waals surface area (Å²) in [5.41, 5.74) is 1.32. The van der Waals surface area contributed by atoms with E-state index in [4.69, 9.17) is 27.6 Å². The second-order valence-corrected chi connectivity index (χ2v) is 6.91. The normalized spacial score (nSPS) is 11.0. The number of nitrogens with one attached hydrogen (secondary N) is 1. The molecule has 2 heterocycles. The molecule has 0 aliphatic heterocycles. The molecule has 1 amide bonds. The van der Waals surface area contributed by atoms with E-state index in [0.717, 1.165) is 10.2 Å². The van der Waals surface area contributed by atoms with Crippen LogP contribution in [0.4, 0.5) is 6.01 Å². The highest BCUT2D eigenvalue weighted by Gasteiger charge is 2.16. The zero-order valence-electron chi connectivity index (χ0n) is 12.4. The molecule has 2 aromatic heterocycles. The van der Waals surface area contributed by atoms with Crippen LogP contribution in [0.1, 0.15) is 9.80 Å². The van der Waals surface area contributed by atoms with Crippen molar-refractivity contribution in [3.63, 3.8) is 0 Å². The van der Waals surface area contributed by atoms with Gasteiger partial charge >= 0.3 is 6.01 Å². The summed E-state index contributed by atoms with van der Waals surface area (Å²) in [4.78, 5) is 16.6. The molecule has 0 bridgehead atoms. The lowest BCUT2D eigenvalue weighted by atomic mass is 10.2. The lowest BCUT2D eigenvalue weighted by molar-refractivity contribution is 0.102. The van der Waals surface area contributed by atoms with Crippen LogP contribution in [0.15, 0.2) is 46.9 Å². The zero-order valence-corrected chi connectivity index (χ0v) is 14.7. The number of aromatic nitrogens is 3. The summed E-state index contributed by atoms with van der Waals surface area (Å²) < 4.78 is 6.37. The predicted octanol–water partition coefficient (Wildman–Crippen LogP) is 4.91. The second-order valence-electron chi connectivity index (χ2n) is 5.01. The van der Waals surface area contributed by atoms with Crippen molar-refractivity contribution in [2.75, 3.05) is 5.32 Å². The maximum absolute atomic E-state index is 12.3. The molecule has 0 aliphatic rings. The van der Waals surface area contributed by atoms with Crippen LogP contribution in [0.2, 0.25) is 10.0 Å². The summed E-state index contributed by atoms with van der Waals surface area (Å²) in [6.45, 7) is 0. The third-order valence-corrected chi connectivity index (χ3v) is 4.71. The summed E-state index contributed by atoms with van der Waals surface area (Å²) >= 11 is 13.2. The van der Waals surface area contributed by atoms with E-state index in [9.17, 15) is 4.79 Å². The van der Waals surface area contributed by atoms with Gasteiger partial charge in [-0.25, -0.2) is 4.98 Å². The third-order valence-electron chi connectivity index (χ3n) is 3.24. The number of thiazole rings is 1. The van der Waals surface area contributed by atoms with Gasteiger partial charge in [0.15, 0.2) is 5.01 Å². The van der Waals surface area contributed by atoms with E-state index in [-0.39, 0.29) is 11.9 Å². The van der Waals surface area contributed by atoms with E-state index in [1.165, 1.54) is 11.3 Å². The van der Waals surface area contributed by atoms with Crippen molar-refractivity contribution < 1.29 is 9.21 Å². The molecule has 25 heavy (non-hydrogen) atoms. The van der Waals surface area contributed by atoms with Crippen LogP contribution in [0.25, 0.3) is 21.7 Å². The fourth-order valence-electron chi connectivity index (χ4n) is 2.19. The second kappa shape index (κ2) is 6.44. The molecule has 4 aromatic rings. The maximum atomic E-state index is 12.3. The Kier molecular flexibility index (Phi) is 4.12. The number of nitrogens with zero attached hydrogens (tertiary/aromatic N) is 3. The van der Waals surface area contributed by atoms with Gasteiger partial charge in [0, 0.05) is 15.6 Å². The van der Waals surface area contributed by atoms with Gasteiger partial charge < -0.3 is 4.42 Å². The number of carbonyl (C=O) groups is 1. The molecule has 2 aromatic carbocycles. The number of benzene rings is 2. The van der Waals surface area contributed by atoms with Gasteiger partial charge in [0.25, 0.3) is 5.91 Å². The van der Waals surface area contributed by atoms with Gasteiger partial charge in [0.2, 0.25) is 5.89 Å². The molecule has 1 N–H and O–H groups in total. The highest BCUT2D eigenvalue weighted by atomic mass is 35.5. The lowest BCUT2D eigenvalue weighted by Crippen LogP contribution is -2.11. The van der Waals surface area contributed by atoms with E-state index in [2.05, 4.69) is 20.5 Å². The fraction of sp³-hybridized carbons (Fsp3) is 0. The van der Waals surface area contributed by atoms with Crippen molar-refractivity contribution in [3.8, 4) is 11.5 Å². The predicted molar refractivity (Wildman–Crippen MR) is 97.3 cm³/mol. The topological polar surface area (TPSA) is 80.9 Å². The van der Waals surface area contributed by atoms with Crippen molar-refractivity contribution in [1.82, 2.24) is 15.2 Å². The molecule has 0 saturated carbocycles. The van der Waals surface area contributed by atoms with E-state index >= 15 is 0 Å². The van der Waals surface area contributed by atoms with Gasteiger partial charge in [0.05, 0.1) is 10.2 Å². The third kappa shape index (κ3) is 3.34. The first-order chi connectivity index (χ1) is 12.1.